The number of aryl methyl sites for hydroxylation is 1. The summed E-state index contributed by atoms with van der Waals surface area (Å²) in [5, 5.41) is 0. The quantitative estimate of drug-likeness (QED) is 0.644. The minimum Gasteiger partial charge on any atom is -0.314 e. The molecule has 2 aromatic heterocycles. The Balaban J connectivity index is 0.000000217. The van der Waals surface area contributed by atoms with Gasteiger partial charge in [-0.3, -0.25) is 19.6 Å². The van der Waals surface area contributed by atoms with Crippen molar-refractivity contribution < 1.29 is 0 Å². The second-order valence-corrected chi connectivity index (χ2v) is 4.02. The first kappa shape index (κ1) is 15.7. The predicted octanol–water partition coefficient (Wildman–Crippen LogP) is -0.771. The second kappa shape index (κ2) is 7.95. The molecule has 0 aliphatic heterocycles. The van der Waals surface area contributed by atoms with Crippen molar-refractivity contribution in [1.29, 1.82) is 0 Å². The average Bonchev–Trinajstić information content (AvgIpc) is 2.38. The maximum atomic E-state index is 11.0. The summed E-state index contributed by atoms with van der Waals surface area (Å²) in [7, 11) is 0. The Labute approximate surface area is 117 Å². The average molecular weight is 301 g/mol. The number of nitrogens with zero attached hydrogens (tertiary/aromatic N) is 1. The third kappa shape index (κ3) is 5.53. The molecule has 0 aliphatic rings. The van der Waals surface area contributed by atoms with Crippen molar-refractivity contribution in [2.24, 2.45) is 0 Å². The minimum atomic E-state index is -0.475. The van der Waals surface area contributed by atoms with Gasteiger partial charge in [0.2, 0.25) is 0 Å². The van der Waals surface area contributed by atoms with Gasteiger partial charge in [-0.15, -0.1) is 11.6 Å². The summed E-state index contributed by atoms with van der Waals surface area (Å²) in [4.78, 5) is 48.4. The van der Waals surface area contributed by atoms with Crippen molar-refractivity contribution >= 4 is 11.6 Å². The van der Waals surface area contributed by atoms with Gasteiger partial charge in [0.25, 0.3) is 11.1 Å². The molecule has 0 saturated heterocycles. The molecule has 0 spiro atoms. The van der Waals surface area contributed by atoms with E-state index < -0.39 is 5.69 Å². The smallest absolute Gasteiger partial charge is 0.314 e. The van der Waals surface area contributed by atoms with Crippen LogP contribution in [0.2, 0.25) is 0 Å². The van der Waals surface area contributed by atoms with E-state index in [2.05, 4.69) is 9.97 Å². The van der Waals surface area contributed by atoms with E-state index in [0.29, 0.717) is 18.8 Å². The van der Waals surface area contributed by atoms with Crippen LogP contribution in [0, 0.1) is 0 Å². The van der Waals surface area contributed by atoms with Crippen LogP contribution in [0.5, 0.6) is 0 Å². The van der Waals surface area contributed by atoms with Crippen molar-refractivity contribution in [3.63, 3.8) is 0 Å². The Hall–Kier alpha value is -2.35. The van der Waals surface area contributed by atoms with Gasteiger partial charge in [0.15, 0.2) is 0 Å². The standard InChI is InChI=1S/C7H9ClN2O2.C4H4N2O2/c8-3-1-4-10-5-2-6(11)9-7(10)12;7-3-1-2-5-4(8)6-3/h2,5H,1,3-4H2,(H,9,11,12);1-2H,(H2,5,6,7,8). The molecule has 8 nitrogen and oxygen atoms in total. The summed E-state index contributed by atoms with van der Waals surface area (Å²) < 4.78 is 1.42. The van der Waals surface area contributed by atoms with Gasteiger partial charge in [-0.05, 0) is 6.42 Å². The highest BCUT2D eigenvalue weighted by atomic mass is 35.5. The Bertz CT molecular complexity index is 732. The lowest BCUT2D eigenvalue weighted by molar-refractivity contribution is 0.634. The molecule has 2 rings (SSSR count). The van der Waals surface area contributed by atoms with Gasteiger partial charge in [0.1, 0.15) is 0 Å². The predicted molar refractivity (Wildman–Crippen MR) is 74.3 cm³/mol. The summed E-state index contributed by atoms with van der Waals surface area (Å²) in [6, 6.07) is 2.55. The first-order valence-corrected chi connectivity index (χ1v) is 6.20. The van der Waals surface area contributed by atoms with E-state index in [4.69, 9.17) is 11.6 Å². The van der Waals surface area contributed by atoms with E-state index in [0.717, 1.165) is 0 Å². The Morgan fingerprint density at radius 1 is 1.05 bits per heavy atom. The third-order valence-electron chi connectivity index (χ3n) is 2.12. The van der Waals surface area contributed by atoms with Crippen molar-refractivity contribution in [3.05, 3.63) is 66.2 Å². The van der Waals surface area contributed by atoms with Crippen molar-refractivity contribution in [1.82, 2.24) is 19.5 Å². The summed E-state index contributed by atoms with van der Waals surface area (Å²) in [6.45, 7) is 0.541. The van der Waals surface area contributed by atoms with Gasteiger partial charge >= 0.3 is 11.4 Å². The Morgan fingerprint density at radius 2 is 1.75 bits per heavy atom. The van der Waals surface area contributed by atoms with Crippen LogP contribution in [-0.2, 0) is 6.54 Å². The first-order chi connectivity index (χ1) is 9.52. The van der Waals surface area contributed by atoms with Gasteiger partial charge in [0.05, 0.1) is 0 Å². The molecule has 0 fully saturated rings. The summed E-state index contributed by atoms with van der Waals surface area (Å²) in [5.74, 6) is 0.506. The highest BCUT2D eigenvalue weighted by Crippen LogP contribution is 1.87. The number of hydrogen-bond donors (Lipinski definition) is 3. The van der Waals surface area contributed by atoms with Gasteiger partial charge in [0, 0.05) is 37.0 Å². The molecule has 0 radical (unpaired) electrons. The van der Waals surface area contributed by atoms with Gasteiger partial charge in [-0.1, -0.05) is 0 Å². The molecule has 0 aliphatic carbocycles. The van der Waals surface area contributed by atoms with Crippen molar-refractivity contribution in [2.45, 2.75) is 13.0 Å². The van der Waals surface area contributed by atoms with Crippen LogP contribution in [0.3, 0.4) is 0 Å². The highest BCUT2D eigenvalue weighted by molar-refractivity contribution is 6.17. The number of halogens is 1. The van der Waals surface area contributed by atoms with Gasteiger partial charge < -0.3 is 9.55 Å². The lowest BCUT2D eigenvalue weighted by Gasteiger charge is -2.00. The fraction of sp³-hybridized carbons (Fsp3) is 0.273. The Kier molecular flexibility index (Phi) is 6.24. The number of aromatic nitrogens is 4. The number of H-pyrrole nitrogens is 3. The molecule has 2 heterocycles. The number of aromatic amines is 3. The fourth-order valence-electron chi connectivity index (χ4n) is 1.23. The lowest BCUT2D eigenvalue weighted by Crippen LogP contribution is -2.28. The van der Waals surface area contributed by atoms with Crippen LogP contribution in [-0.4, -0.2) is 25.4 Å². The van der Waals surface area contributed by atoms with Crippen LogP contribution in [0.15, 0.2) is 43.7 Å². The van der Waals surface area contributed by atoms with E-state index in [9.17, 15) is 19.2 Å². The molecule has 0 saturated carbocycles. The van der Waals surface area contributed by atoms with Crippen LogP contribution < -0.4 is 22.5 Å². The summed E-state index contributed by atoms with van der Waals surface area (Å²) in [5.41, 5.74) is -1.61. The molecule has 108 valence electrons. The third-order valence-corrected chi connectivity index (χ3v) is 2.38. The highest BCUT2D eigenvalue weighted by Gasteiger charge is 1.94. The normalized spacial score (nSPS) is 9.65. The van der Waals surface area contributed by atoms with Crippen LogP contribution >= 0.6 is 11.6 Å². The molecule has 0 atom stereocenters. The van der Waals surface area contributed by atoms with Crippen LogP contribution in [0.4, 0.5) is 0 Å². The van der Waals surface area contributed by atoms with Crippen LogP contribution in [0.1, 0.15) is 6.42 Å². The largest absolute Gasteiger partial charge is 0.328 e. The zero-order valence-corrected chi connectivity index (χ0v) is 11.1. The number of nitrogens with one attached hydrogen (secondary N) is 3. The number of rotatable bonds is 3. The molecule has 0 unspecified atom stereocenters. The molecule has 0 aromatic carbocycles. The number of hydrogen-bond acceptors (Lipinski definition) is 4. The van der Waals surface area contributed by atoms with E-state index in [1.54, 1.807) is 0 Å². The first-order valence-electron chi connectivity index (χ1n) is 5.66. The van der Waals surface area contributed by atoms with Gasteiger partial charge in [-0.2, -0.15) is 0 Å². The summed E-state index contributed by atoms with van der Waals surface area (Å²) in [6.07, 6.45) is 3.47. The SMILES string of the molecule is O=c1cc[nH]c(=O)[nH]1.O=c1ccn(CCCCl)c(=O)[nH]1. The van der Waals surface area contributed by atoms with Crippen LogP contribution in [0.25, 0.3) is 0 Å². The molecule has 3 N–H and O–H groups in total. The Morgan fingerprint density at radius 3 is 2.25 bits per heavy atom. The van der Waals surface area contributed by atoms with Gasteiger partial charge in [-0.25, -0.2) is 9.59 Å². The second-order valence-electron chi connectivity index (χ2n) is 3.64. The molecule has 0 bridgehead atoms. The zero-order valence-electron chi connectivity index (χ0n) is 10.4. The maximum Gasteiger partial charge on any atom is 0.328 e. The van der Waals surface area contributed by atoms with E-state index in [1.807, 2.05) is 4.98 Å². The molecule has 9 heteroatoms. The maximum absolute atomic E-state index is 11.0. The molecule has 0 amide bonds. The number of alkyl halides is 1. The zero-order chi connectivity index (χ0) is 15.0. The summed E-state index contributed by atoms with van der Waals surface area (Å²) >= 11 is 5.45. The lowest BCUT2D eigenvalue weighted by atomic mass is 10.4. The van der Waals surface area contributed by atoms with Crippen molar-refractivity contribution in [3.8, 4) is 0 Å². The molecular weight excluding hydrogens is 288 g/mol. The van der Waals surface area contributed by atoms with E-state index in [-0.39, 0.29) is 16.8 Å². The monoisotopic (exact) mass is 300 g/mol. The minimum absolute atomic E-state index is 0.373. The molecule has 2 aromatic rings. The molecule has 20 heavy (non-hydrogen) atoms. The van der Waals surface area contributed by atoms with E-state index in [1.165, 1.54) is 29.1 Å². The topological polar surface area (TPSA) is 121 Å². The van der Waals surface area contributed by atoms with Crippen molar-refractivity contribution in [2.75, 3.05) is 5.88 Å². The molecular formula is C11H13ClN4O4. The van der Waals surface area contributed by atoms with E-state index >= 15 is 0 Å². The fourth-order valence-corrected chi connectivity index (χ4v) is 1.35.